The van der Waals surface area contributed by atoms with E-state index in [1.165, 1.54) is 0 Å². The quantitative estimate of drug-likeness (QED) is 0.107. The number of amides is 4. The molecule has 0 aromatic heterocycles. The molecule has 0 heterocycles. The van der Waals surface area contributed by atoms with Gasteiger partial charge in [-0.3, -0.25) is 19.8 Å². The van der Waals surface area contributed by atoms with E-state index in [2.05, 4.69) is 21.3 Å². The average molecular weight is 506 g/mol. The molecule has 0 fully saturated rings. The van der Waals surface area contributed by atoms with E-state index >= 15 is 0 Å². The first-order chi connectivity index (χ1) is 16.9. The summed E-state index contributed by atoms with van der Waals surface area (Å²) in [4.78, 5) is 50.1. The van der Waals surface area contributed by atoms with E-state index in [-0.39, 0.29) is 30.8 Å². The van der Waals surface area contributed by atoms with Gasteiger partial charge in [-0.15, -0.1) is 0 Å². The first kappa shape index (κ1) is 30.2. The Balaban J connectivity index is 2.76. The lowest BCUT2D eigenvalue weighted by molar-refractivity contribution is -0.133. The summed E-state index contributed by atoms with van der Waals surface area (Å²) in [7, 11) is 0. The second-order valence-corrected chi connectivity index (χ2v) is 9.10. The number of alkyl carbamates (subject to hydrolysis) is 1. The normalized spacial score (nSPS) is 13.3. The number of primary amides is 1. The predicted molar refractivity (Wildman–Crippen MR) is 135 cm³/mol. The van der Waals surface area contributed by atoms with Gasteiger partial charge in [0.05, 0.1) is 0 Å². The molecule has 0 saturated heterocycles. The second-order valence-electron chi connectivity index (χ2n) is 9.10. The Labute approximate surface area is 211 Å². The maximum Gasteiger partial charge on any atom is 0.408 e. The van der Waals surface area contributed by atoms with Crippen LogP contribution in [-0.2, 0) is 25.7 Å². The zero-order chi connectivity index (χ0) is 27.3. The van der Waals surface area contributed by atoms with E-state index < -0.39 is 41.9 Å². The summed E-state index contributed by atoms with van der Waals surface area (Å²) in [5.41, 5.74) is 11.5. The molecular formula is C24H39N7O5. The molecule has 1 aromatic carbocycles. The van der Waals surface area contributed by atoms with E-state index in [4.69, 9.17) is 21.6 Å². The molecule has 200 valence electrons. The smallest absolute Gasteiger partial charge is 0.408 e. The van der Waals surface area contributed by atoms with Crippen molar-refractivity contribution < 1.29 is 23.9 Å². The van der Waals surface area contributed by atoms with Gasteiger partial charge in [0.1, 0.15) is 24.7 Å². The molecule has 0 unspecified atom stereocenters. The number of hydrogen-bond donors (Lipinski definition) is 7. The van der Waals surface area contributed by atoms with Gasteiger partial charge in [-0.2, -0.15) is 0 Å². The third-order valence-electron chi connectivity index (χ3n) is 5.33. The van der Waals surface area contributed by atoms with E-state index in [9.17, 15) is 19.2 Å². The van der Waals surface area contributed by atoms with Gasteiger partial charge in [-0.1, -0.05) is 58.0 Å². The first-order valence-corrected chi connectivity index (χ1v) is 11.9. The molecule has 0 saturated carbocycles. The molecule has 1 rings (SSSR count). The van der Waals surface area contributed by atoms with Crippen molar-refractivity contribution in [2.75, 3.05) is 6.54 Å². The molecule has 3 atom stereocenters. The third kappa shape index (κ3) is 11.1. The fourth-order valence-corrected chi connectivity index (χ4v) is 3.28. The zero-order valence-corrected chi connectivity index (χ0v) is 21.3. The highest BCUT2D eigenvalue weighted by atomic mass is 16.5. The van der Waals surface area contributed by atoms with Crippen LogP contribution in [-0.4, -0.2) is 54.4 Å². The summed E-state index contributed by atoms with van der Waals surface area (Å²) in [5.74, 6) is -2.66. The molecule has 0 radical (unpaired) electrons. The summed E-state index contributed by atoms with van der Waals surface area (Å²) >= 11 is 0. The van der Waals surface area contributed by atoms with Gasteiger partial charge >= 0.3 is 6.09 Å². The zero-order valence-electron chi connectivity index (χ0n) is 21.3. The molecular weight excluding hydrogens is 466 g/mol. The van der Waals surface area contributed by atoms with Crippen LogP contribution < -0.4 is 32.7 Å². The summed E-state index contributed by atoms with van der Waals surface area (Å²) in [6.45, 7) is 7.38. The summed E-state index contributed by atoms with van der Waals surface area (Å²) < 4.78 is 5.21. The Morgan fingerprint density at radius 3 is 1.97 bits per heavy atom. The molecule has 0 bridgehead atoms. The first-order valence-electron chi connectivity index (χ1n) is 11.9. The fraction of sp³-hybridized carbons (Fsp3) is 0.542. The van der Waals surface area contributed by atoms with Crippen LogP contribution in [0.15, 0.2) is 30.3 Å². The van der Waals surface area contributed by atoms with E-state index in [1.54, 1.807) is 27.7 Å². The standard InChI is InChI=1S/C24H39N7O5/c1-14(2)18(21(33)29-17(20(25)32)11-8-12-28-23(26)27)30-22(34)19(15(3)4)31-24(35)36-13-16-9-6-5-7-10-16/h5-7,9-10,14-15,17-19H,8,11-13H2,1-4H3,(H2,25,32)(H,29,33)(H,30,34)(H,31,35)(H4,26,27,28)/t17-,18-,19-/m0/s1. The lowest BCUT2D eigenvalue weighted by atomic mass is 9.99. The lowest BCUT2D eigenvalue weighted by Gasteiger charge is -2.28. The van der Waals surface area contributed by atoms with Crippen molar-refractivity contribution in [2.24, 2.45) is 23.3 Å². The SMILES string of the molecule is CC(C)[C@H](NC(=O)OCc1ccccc1)C(=O)N[C@H](C(=O)N[C@@H](CCCNC(=N)N)C(N)=O)C(C)C. The Morgan fingerprint density at radius 1 is 0.889 bits per heavy atom. The maximum atomic E-state index is 13.0. The third-order valence-corrected chi connectivity index (χ3v) is 5.33. The van der Waals surface area contributed by atoms with Crippen molar-refractivity contribution in [2.45, 2.75) is 65.3 Å². The maximum absolute atomic E-state index is 13.0. The minimum Gasteiger partial charge on any atom is -0.445 e. The van der Waals surface area contributed by atoms with E-state index in [0.29, 0.717) is 13.0 Å². The Bertz CT molecular complexity index is 892. The number of carbonyl (C=O) groups is 4. The molecule has 36 heavy (non-hydrogen) atoms. The average Bonchev–Trinajstić information content (AvgIpc) is 2.81. The Kier molecular flexibility index (Phi) is 12.8. The van der Waals surface area contributed by atoms with Gasteiger partial charge in [0.2, 0.25) is 17.7 Å². The molecule has 0 aliphatic rings. The van der Waals surface area contributed by atoms with Crippen LogP contribution in [0.3, 0.4) is 0 Å². The van der Waals surface area contributed by atoms with Crippen molar-refractivity contribution in [3.8, 4) is 0 Å². The van der Waals surface area contributed by atoms with Crippen molar-refractivity contribution in [1.82, 2.24) is 21.3 Å². The predicted octanol–water partition coefficient (Wildman–Crippen LogP) is 0.312. The van der Waals surface area contributed by atoms with Crippen molar-refractivity contribution in [1.29, 1.82) is 5.41 Å². The van der Waals surface area contributed by atoms with Crippen molar-refractivity contribution in [3.63, 3.8) is 0 Å². The van der Waals surface area contributed by atoms with Gasteiger partial charge in [-0.05, 0) is 30.2 Å². The second kappa shape index (κ2) is 15.2. The Morgan fingerprint density at radius 2 is 1.44 bits per heavy atom. The molecule has 0 aliphatic heterocycles. The fourth-order valence-electron chi connectivity index (χ4n) is 3.28. The number of carbonyl (C=O) groups excluding carboxylic acids is 4. The van der Waals surface area contributed by atoms with Crippen LogP contribution in [0.4, 0.5) is 4.79 Å². The number of hydrogen-bond acceptors (Lipinski definition) is 6. The van der Waals surface area contributed by atoms with Crippen molar-refractivity contribution >= 4 is 29.8 Å². The number of nitrogens with one attached hydrogen (secondary N) is 5. The molecule has 0 spiro atoms. The highest BCUT2D eigenvalue weighted by molar-refractivity contribution is 5.93. The molecule has 0 aliphatic carbocycles. The van der Waals surface area contributed by atoms with Crippen LogP contribution in [0.1, 0.15) is 46.1 Å². The summed E-state index contributed by atoms with van der Waals surface area (Å²) in [6.07, 6.45) is -0.105. The minimum absolute atomic E-state index is 0.0482. The monoisotopic (exact) mass is 505 g/mol. The van der Waals surface area contributed by atoms with E-state index in [0.717, 1.165) is 5.56 Å². The topological polar surface area (TPSA) is 202 Å². The van der Waals surface area contributed by atoms with Crippen LogP contribution in [0.25, 0.3) is 0 Å². The molecule has 4 amide bonds. The summed E-state index contributed by atoms with van der Waals surface area (Å²) in [6, 6.07) is 6.23. The number of nitrogens with two attached hydrogens (primary N) is 2. The van der Waals surface area contributed by atoms with Crippen LogP contribution in [0.5, 0.6) is 0 Å². The number of ether oxygens (including phenoxy) is 1. The summed E-state index contributed by atoms with van der Waals surface area (Å²) in [5, 5.41) is 17.6. The lowest BCUT2D eigenvalue weighted by Crippen LogP contribution is -2.58. The van der Waals surface area contributed by atoms with Crippen LogP contribution >= 0.6 is 0 Å². The van der Waals surface area contributed by atoms with E-state index in [1.807, 2.05) is 30.3 Å². The largest absolute Gasteiger partial charge is 0.445 e. The highest BCUT2D eigenvalue weighted by Crippen LogP contribution is 2.09. The van der Waals surface area contributed by atoms with Crippen LogP contribution in [0.2, 0.25) is 0 Å². The molecule has 12 nitrogen and oxygen atoms in total. The van der Waals surface area contributed by atoms with Crippen molar-refractivity contribution in [3.05, 3.63) is 35.9 Å². The van der Waals surface area contributed by atoms with Crippen LogP contribution in [0, 0.1) is 17.2 Å². The molecule has 9 N–H and O–H groups in total. The van der Waals surface area contributed by atoms with Gasteiger partial charge in [-0.25, -0.2) is 4.79 Å². The number of guanidine groups is 1. The van der Waals surface area contributed by atoms with Gasteiger partial charge in [0.15, 0.2) is 5.96 Å². The van der Waals surface area contributed by atoms with Gasteiger partial charge < -0.3 is 37.5 Å². The minimum atomic E-state index is -0.974. The Hall–Kier alpha value is -3.83. The number of rotatable bonds is 14. The molecule has 1 aromatic rings. The molecule has 12 heteroatoms. The van der Waals surface area contributed by atoms with Gasteiger partial charge in [0, 0.05) is 6.54 Å². The highest BCUT2D eigenvalue weighted by Gasteiger charge is 2.32. The number of benzene rings is 1. The van der Waals surface area contributed by atoms with Gasteiger partial charge in [0.25, 0.3) is 0 Å².